The first kappa shape index (κ1) is 15.0. The Morgan fingerprint density at radius 2 is 2.05 bits per heavy atom. The highest BCUT2D eigenvalue weighted by Crippen LogP contribution is 2.36. The third-order valence-corrected chi connectivity index (χ3v) is 4.17. The quantitative estimate of drug-likeness (QED) is 0.912. The van der Waals surface area contributed by atoms with E-state index in [1.807, 2.05) is 0 Å². The van der Waals surface area contributed by atoms with Crippen molar-refractivity contribution in [1.29, 1.82) is 0 Å². The predicted octanol–water partition coefficient (Wildman–Crippen LogP) is 1.91. The third kappa shape index (κ3) is 3.21. The van der Waals surface area contributed by atoms with Gasteiger partial charge in [0.05, 0.1) is 5.02 Å². The van der Waals surface area contributed by atoms with E-state index in [9.17, 15) is 8.42 Å². The molecule has 0 radical (unpaired) electrons. The van der Waals surface area contributed by atoms with Crippen LogP contribution in [0.5, 0.6) is 5.75 Å². The Morgan fingerprint density at radius 3 is 2.60 bits per heavy atom. The Balaban J connectivity index is 2.24. The van der Waals surface area contributed by atoms with Gasteiger partial charge in [-0.2, -0.15) is 4.98 Å². The van der Waals surface area contributed by atoms with Gasteiger partial charge in [-0.15, -0.1) is 0 Å². The zero-order chi connectivity index (χ0) is 14.9. The SMILES string of the molecule is Cc1nc(COc2ccc(S(N)(=O)=O)c(Cl)c2Cl)no1. The van der Waals surface area contributed by atoms with E-state index < -0.39 is 10.0 Å². The van der Waals surface area contributed by atoms with Crippen LogP contribution in [-0.4, -0.2) is 18.6 Å². The highest BCUT2D eigenvalue weighted by molar-refractivity contribution is 7.89. The zero-order valence-electron chi connectivity index (χ0n) is 10.1. The Kier molecular flexibility index (Phi) is 4.19. The number of nitrogens with two attached hydrogens (primary N) is 1. The molecule has 1 aromatic heterocycles. The van der Waals surface area contributed by atoms with Crippen molar-refractivity contribution in [3.63, 3.8) is 0 Å². The van der Waals surface area contributed by atoms with E-state index in [1.54, 1.807) is 6.92 Å². The summed E-state index contributed by atoms with van der Waals surface area (Å²) in [5.74, 6) is 0.911. The molecule has 0 bridgehead atoms. The monoisotopic (exact) mass is 337 g/mol. The van der Waals surface area contributed by atoms with Crippen LogP contribution in [-0.2, 0) is 16.6 Å². The van der Waals surface area contributed by atoms with Gasteiger partial charge in [0.15, 0.2) is 6.61 Å². The van der Waals surface area contributed by atoms with E-state index in [0.717, 1.165) is 0 Å². The minimum atomic E-state index is -3.95. The van der Waals surface area contributed by atoms with Crippen LogP contribution in [0.3, 0.4) is 0 Å². The van der Waals surface area contributed by atoms with Gasteiger partial charge in [-0.1, -0.05) is 28.4 Å². The van der Waals surface area contributed by atoms with Gasteiger partial charge in [0, 0.05) is 6.92 Å². The van der Waals surface area contributed by atoms with Crippen LogP contribution in [0.1, 0.15) is 11.7 Å². The van der Waals surface area contributed by atoms with Crippen molar-refractivity contribution < 1.29 is 17.7 Å². The molecule has 1 aromatic carbocycles. The van der Waals surface area contributed by atoms with Crippen molar-refractivity contribution in [2.75, 3.05) is 0 Å². The van der Waals surface area contributed by atoms with E-state index >= 15 is 0 Å². The first-order valence-electron chi connectivity index (χ1n) is 5.22. The average molecular weight is 338 g/mol. The number of primary sulfonamides is 1. The summed E-state index contributed by atoms with van der Waals surface area (Å²) in [5, 5.41) is 8.38. The van der Waals surface area contributed by atoms with E-state index in [1.165, 1.54) is 12.1 Å². The third-order valence-electron chi connectivity index (χ3n) is 2.24. The van der Waals surface area contributed by atoms with Crippen LogP contribution < -0.4 is 9.88 Å². The van der Waals surface area contributed by atoms with Crippen molar-refractivity contribution >= 4 is 33.2 Å². The minimum absolute atomic E-state index is 0.00209. The molecule has 0 amide bonds. The van der Waals surface area contributed by atoms with Gasteiger partial charge < -0.3 is 9.26 Å². The molecule has 108 valence electrons. The molecule has 2 aromatic rings. The maximum absolute atomic E-state index is 11.3. The molecule has 0 saturated carbocycles. The first-order chi connectivity index (χ1) is 9.29. The molecular formula is C10H9Cl2N3O4S. The van der Waals surface area contributed by atoms with Crippen LogP contribution in [0, 0.1) is 6.92 Å². The molecule has 0 atom stereocenters. The fourth-order valence-corrected chi connectivity index (χ4v) is 2.75. The number of ether oxygens (including phenoxy) is 1. The lowest BCUT2D eigenvalue weighted by molar-refractivity contribution is 0.286. The van der Waals surface area contributed by atoms with E-state index in [4.69, 9.17) is 37.6 Å². The Bertz CT molecular complexity index is 745. The number of sulfonamides is 1. The highest BCUT2D eigenvalue weighted by atomic mass is 35.5. The Hall–Kier alpha value is -1.35. The second-order valence-corrected chi connectivity index (χ2v) is 6.04. The number of aryl methyl sites for hydroxylation is 1. The summed E-state index contributed by atoms with van der Waals surface area (Å²) in [7, 11) is -3.95. The summed E-state index contributed by atoms with van der Waals surface area (Å²) in [6.07, 6.45) is 0. The van der Waals surface area contributed by atoms with Crippen LogP contribution in [0.15, 0.2) is 21.6 Å². The summed E-state index contributed by atoms with van der Waals surface area (Å²) >= 11 is 11.8. The average Bonchev–Trinajstić information content (AvgIpc) is 2.75. The van der Waals surface area contributed by atoms with E-state index in [-0.39, 0.29) is 27.3 Å². The van der Waals surface area contributed by atoms with Crippen LogP contribution >= 0.6 is 23.2 Å². The fraction of sp³-hybridized carbons (Fsp3) is 0.200. The number of rotatable bonds is 4. The molecular weight excluding hydrogens is 329 g/mol. The summed E-state index contributed by atoms with van der Waals surface area (Å²) in [6.45, 7) is 1.64. The van der Waals surface area contributed by atoms with Crippen molar-refractivity contribution in [2.24, 2.45) is 5.14 Å². The predicted molar refractivity (Wildman–Crippen MR) is 71.2 cm³/mol. The second kappa shape index (κ2) is 5.57. The largest absolute Gasteiger partial charge is 0.484 e. The van der Waals surface area contributed by atoms with Gasteiger partial charge in [0.25, 0.3) is 0 Å². The minimum Gasteiger partial charge on any atom is -0.484 e. The number of nitrogens with zero attached hydrogens (tertiary/aromatic N) is 2. The molecule has 7 nitrogen and oxygen atoms in total. The molecule has 0 aliphatic heterocycles. The molecule has 0 aliphatic rings. The number of halogens is 2. The summed E-state index contributed by atoms with van der Waals surface area (Å²) in [5.41, 5.74) is 0. The topological polar surface area (TPSA) is 108 Å². The van der Waals surface area contributed by atoms with Gasteiger partial charge in [0.1, 0.15) is 15.7 Å². The molecule has 0 aliphatic carbocycles. The van der Waals surface area contributed by atoms with Gasteiger partial charge >= 0.3 is 0 Å². The van der Waals surface area contributed by atoms with Crippen LogP contribution in [0.4, 0.5) is 0 Å². The molecule has 1 heterocycles. The van der Waals surface area contributed by atoms with Crippen LogP contribution in [0.2, 0.25) is 10.0 Å². The van der Waals surface area contributed by atoms with Crippen LogP contribution in [0.25, 0.3) is 0 Å². The Morgan fingerprint density at radius 1 is 1.35 bits per heavy atom. The highest BCUT2D eigenvalue weighted by Gasteiger charge is 2.19. The first-order valence-corrected chi connectivity index (χ1v) is 7.52. The molecule has 0 spiro atoms. The van der Waals surface area contributed by atoms with Crippen molar-refractivity contribution in [3.8, 4) is 5.75 Å². The number of benzene rings is 1. The number of hydrogen-bond acceptors (Lipinski definition) is 6. The van der Waals surface area contributed by atoms with E-state index in [0.29, 0.717) is 11.7 Å². The van der Waals surface area contributed by atoms with Gasteiger partial charge in [-0.3, -0.25) is 0 Å². The lowest BCUT2D eigenvalue weighted by atomic mass is 10.3. The molecule has 10 heteroatoms. The molecule has 2 N–H and O–H groups in total. The second-order valence-electron chi connectivity index (χ2n) is 3.75. The lowest BCUT2D eigenvalue weighted by Gasteiger charge is -2.09. The van der Waals surface area contributed by atoms with Gasteiger partial charge in [-0.05, 0) is 12.1 Å². The van der Waals surface area contributed by atoms with Gasteiger partial charge in [0.2, 0.25) is 21.7 Å². The maximum atomic E-state index is 11.3. The molecule has 0 fully saturated rings. The molecule has 0 saturated heterocycles. The normalized spacial score (nSPS) is 11.6. The lowest BCUT2D eigenvalue weighted by Crippen LogP contribution is -2.13. The van der Waals surface area contributed by atoms with Crippen molar-refractivity contribution in [2.45, 2.75) is 18.4 Å². The standard InChI is InChI=1S/C10H9Cl2N3O4S/c1-5-14-8(15-19-5)4-18-6-2-3-7(20(13,16)17)10(12)9(6)11/h2-3H,4H2,1H3,(H2,13,16,17). The van der Waals surface area contributed by atoms with Gasteiger partial charge in [-0.25, -0.2) is 13.6 Å². The van der Waals surface area contributed by atoms with Crippen molar-refractivity contribution in [3.05, 3.63) is 33.9 Å². The number of aromatic nitrogens is 2. The zero-order valence-corrected chi connectivity index (χ0v) is 12.5. The Labute approximate surface area is 124 Å². The summed E-state index contributed by atoms with van der Waals surface area (Å²) in [4.78, 5) is 3.67. The van der Waals surface area contributed by atoms with Crippen molar-refractivity contribution in [1.82, 2.24) is 10.1 Å². The molecule has 2 rings (SSSR count). The smallest absolute Gasteiger partial charge is 0.239 e. The summed E-state index contributed by atoms with van der Waals surface area (Å²) < 4.78 is 32.6. The number of hydrogen-bond donors (Lipinski definition) is 1. The summed E-state index contributed by atoms with van der Waals surface area (Å²) in [6, 6.07) is 2.56. The molecule has 0 unspecified atom stereocenters. The van der Waals surface area contributed by atoms with E-state index in [2.05, 4.69) is 10.1 Å². The maximum Gasteiger partial charge on any atom is 0.239 e. The molecule has 20 heavy (non-hydrogen) atoms. The fourth-order valence-electron chi connectivity index (χ4n) is 1.39.